The Hall–Kier alpha value is -0.670. The molecule has 4 N–H and O–H groups in total. The third-order valence-electron chi connectivity index (χ3n) is 2.15. The van der Waals surface area contributed by atoms with Crippen LogP contribution in [-0.4, -0.2) is 22.5 Å². The molecule has 1 aromatic carbocycles. The van der Waals surface area contributed by atoms with Crippen molar-refractivity contribution >= 4 is 7.60 Å². The van der Waals surface area contributed by atoms with Gasteiger partial charge in [0, 0.05) is 0 Å². The van der Waals surface area contributed by atoms with Gasteiger partial charge in [0.15, 0.2) is 0 Å². The molecule has 1 rings (SSSR count). The fraction of sp³-hybridized carbons (Fsp3) is 0.400. The largest absolute Gasteiger partial charge is 0.330 e. The lowest BCUT2D eigenvalue weighted by Crippen LogP contribution is -2.02. The van der Waals surface area contributed by atoms with Crippen LogP contribution < -0.4 is 5.73 Å². The van der Waals surface area contributed by atoms with Gasteiger partial charge in [-0.3, -0.25) is 4.57 Å². The fourth-order valence-corrected chi connectivity index (χ4v) is 1.86. The second kappa shape index (κ2) is 5.42. The maximum Gasteiger partial charge on any atom is 0.325 e. The highest BCUT2D eigenvalue weighted by molar-refractivity contribution is 7.51. The topological polar surface area (TPSA) is 83.6 Å². The zero-order valence-corrected chi connectivity index (χ0v) is 9.36. The lowest BCUT2D eigenvalue weighted by molar-refractivity contribution is 0.373. The molecule has 0 saturated carbocycles. The first-order valence-electron chi connectivity index (χ1n) is 4.84. The molecule has 0 aliphatic rings. The molecule has 0 aromatic heterocycles. The van der Waals surface area contributed by atoms with Crippen LogP contribution in [0.5, 0.6) is 0 Å². The van der Waals surface area contributed by atoms with Crippen LogP contribution in [0.15, 0.2) is 24.3 Å². The summed E-state index contributed by atoms with van der Waals surface area (Å²) in [6.45, 7) is 0.613. The first kappa shape index (κ1) is 12.4. The molecule has 0 radical (unpaired) electrons. The highest BCUT2D eigenvalue weighted by Crippen LogP contribution is 2.34. The summed E-state index contributed by atoms with van der Waals surface area (Å²) in [5.74, 6) is 0. The molecule has 0 amide bonds. The molecular weight excluding hydrogens is 213 g/mol. The van der Waals surface area contributed by atoms with Crippen LogP contribution in [0, 0.1) is 0 Å². The van der Waals surface area contributed by atoms with E-state index in [2.05, 4.69) is 0 Å². The minimum atomic E-state index is -3.88. The molecule has 0 bridgehead atoms. The second-order valence-electron chi connectivity index (χ2n) is 3.49. The molecule has 84 valence electrons. The van der Waals surface area contributed by atoms with Crippen molar-refractivity contribution < 1.29 is 14.4 Å². The van der Waals surface area contributed by atoms with Gasteiger partial charge in [0.1, 0.15) is 0 Å². The zero-order chi connectivity index (χ0) is 11.3. The molecule has 1 aromatic rings. The Morgan fingerprint density at radius 3 is 1.93 bits per heavy atom. The monoisotopic (exact) mass is 229 g/mol. The van der Waals surface area contributed by atoms with Crippen LogP contribution in [0.2, 0.25) is 0 Å². The molecule has 5 heteroatoms. The van der Waals surface area contributed by atoms with E-state index in [9.17, 15) is 4.57 Å². The normalized spacial score (nSPS) is 11.7. The summed E-state index contributed by atoms with van der Waals surface area (Å²) in [5, 5.41) is 0. The van der Waals surface area contributed by atoms with Crippen molar-refractivity contribution in [1.82, 2.24) is 0 Å². The van der Waals surface area contributed by atoms with Gasteiger partial charge >= 0.3 is 7.60 Å². The molecule has 0 aliphatic carbocycles. The standard InChI is InChI=1S/C10H16NO3P/c11-7-5-9-1-3-10(4-2-9)6-8-15(12,13)14/h1-4H,5-8,11H2,(H2,12,13,14). The lowest BCUT2D eigenvalue weighted by Gasteiger charge is -2.05. The lowest BCUT2D eigenvalue weighted by atomic mass is 10.1. The summed E-state index contributed by atoms with van der Waals surface area (Å²) in [6, 6.07) is 7.67. The summed E-state index contributed by atoms with van der Waals surface area (Å²) in [5.41, 5.74) is 7.51. The average Bonchev–Trinajstić information content (AvgIpc) is 2.16. The van der Waals surface area contributed by atoms with Gasteiger partial charge < -0.3 is 15.5 Å². The Morgan fingerprint density at radius 1 is 1.07 bits per heavy atom. The van der Waals surface area contributed by atoms with Crippen molar-refractivity contribution in [3.8, 4) is 0 Å². The SMILES string of the molecule is NCCc1ccc(CCP(=O)(O)O)cc1. The van der Waals surface area contributed by atoms with Gasteiger partial charge in [0.05, 0.1) is 6.16 Å². The molecule has 0 spiro atoms. The van der Waals surface area contributed by atoms with E-state index < -0.39 is 7.60 Å². The third-order valence-corrected chi connectivity index (χ3v) is 2.95. The van der Waals surface area contributed by atoms with Crippen LogP contribution in [0.3, 0.4) is 0 Å². The van der Waals surface area contributed by atoms with Gasteiger partial charge in [-0.25, -0.2) is 0 Å². The van der Waals surface area contributed by atoms with Crippen molar-refractivity contribution in [1.29, 1.82) is 0 Å². The first-order valence-corrected chi connectivity index (χ1v) is 6.63. The van der Waals surface area contributed by atoms with Crippen LogP contribution in [-0.2, 0) is 17.4 Å². The number of benzene rings is 1. The van der Waals surface area contributed by atoms with E-state index in [1.807, 2.05) is 24.3 Å². The van der Waals surface area contributed by atoms with Gasteiger partial charge in [0.2, 0.25) is 0 Å². The Balaban J connectivity index is 2.53. The summed E-state index contributed by atoms with van der Waals surface area (Å²) >= 11 is 0. The Morgan fingerprint density at radius 2 is 1.53 bits per heavy atom. The number of aryl methyl sites for hydroxylation is 1. The molecule has 4 nitrogen and oxygen atoms in total. The van der Waals surface area contributed by atoms with Crippen LogP contribution in [0.25, 0.3) is 0 Å². The molecule has 0 unspecified atom stereocenters. The van der Waals surface area contributed by atoms with Crippen molar-refractivity contribution in [2.45, 2.75) is 12.8 Å². The van der Waals surface area contributed by atoms with Crippen molar-refractivity contribution in [3.63, 3.8) is 0 Å². The fourth-order valence-electron chi connectivity index (χ4n) is 1.31. The first-order chi connectivity index (χ1) is 7.01. The van der Waals surface area contributed by atoms with Crippen molar-refractivity contribution in [3.05, 3.63) is 35.4 Å². The number of hydrogen-bond donors (Lipinski definition) is 3. The van der Waals surface area contributed by atoms with Crippen LogP contribution in [0.4, 0.5) is 0 Å². The molecule has 0 aliphatic heterocycles. The van der Waals surface area contributed by atoms with E-state index in [-0.39, 0.29) is 6.16 Å². The van der Waals surface area contributed by atoms with Crippen LogP contribution >= 0.6 is 7.60 Å². The van der Waals surface area contributed by atoms with Gasteiger partial charge in [-0.15, -0.1) is 0 Å². The highest BCUT2D eigenvalue weighted by atomic mass is 31.2. The maximum atomic E-state index is 10.7. The summed E-state index contributed by atoms with van der Waals surface area (Å²) in [6.07, 6.45) is 1.15. The molecule has 0 atom stereocenters. The predicted octanol–water partition coefficient (Wildman–Crippen LogP) is 0.908. The van der Waals surface area contributed by atoms with Crippen LogP contribution in [0.1, 0.15) is 11.1 Å². The van der Waals surface area contributed by atoms with Crippen molar-refractivity contribution in [2.24, 2.45) is 5.73 Å². The molecule has 0 saturated heterocycles. The smallest absolute Gasteiger partial charge is 0.325 e. The minimum absolute atomic E-state index is 0.0940. The number of hydrogen-bond acceptors (Lipinski definition) is 2. The van der Waals surface area contributed by atoms with Crippen molar-refractivity contribution in [2.75, 3.05) is 12.7 Å². The van der Waals surface area contributed by atoms with Gasteiger partial charge in [-0.2, -0.15) is 0 Å². The Kier molecular flexibility index (Phi) is 4.48. The van der Waals surface area contributed by atoms with Gasteiger partial charge in [-0.1, -0.05) is 24.3 Å². The van der Waals surface area contributed by atoms with E-state index in [0.29, 0.717) is 13.0 Å². The number of nitrogens with two attached hydrogens (primary N) is 1. The second-order valence-corrected chi connectivity index (χ2v) is 5.27. The minimum Gasteiger partial charge on any atom is -0.330 e. The quantitative estimate of drug-likeness (QED) is 0.655. The summed E-state index contributed by atoms with van der Waals surface area (Å²) < 4.78 is 10.7. The Bertz CT molecular complexity index is 344. The molecular formula is C10H16NO3P. The molecule has 15 heavy (non-hydrogen) atoms. The van der Waals surface area contributed by atoms with E-state index in [0.717, 1.165) is 17.5 Å². The van der Waals surface area contributed by atoms with E-state index in [1.54, 1.807) is 0 Å². The Labute approximate surface area is 89.3 Å². The summed E-state index contributed by atoms with van der Waals surface area (Å²) in [7, 11) is -3.88. The molecule has 0 heterocycles. The molecule has 0 fully saturated rings. The maximum absolute atomic E-state index is 10.7. The number of rotatable bonds is 5. The van der Waals surface area contributed by atoms with E-state index in [1.165, 1.54) is 0 Å². The van der Waals surface area contributed by atoms with Gasteiger partial charge in [0.25, 0.3) is 0 Å². The third kappa shape index (κ3) is 5.09. The highest BCUT2D eigenvalue weighted by Gasteiger charge is 2.11. The van der Waals surface area contributed by atoms with E-state index in [4.69, 9.17) is 15.5 Å². The summed E-state index contributed by atoms with van der Waals surface area (Å²) in [4.78, 5) is 17.4. The predicted molar refractivity (Wildman–Crippen MR) is 59.8 cm³/mol. The zero-order valence-electron chi connectivity index (χ0n) is 8.47. The average molecular weight is 229 g/mol. The van der Waals surface area contributed by atoms with E-state index >= 15 is 0 Å². The van der Waals surface area contributed by atoms with Gasteiger partial charge in [-0.05, 0) is 30.5 Å².